The second-order valence-electron chi connectivity index (χ2n) is 4.03. The minimum absolute atomic E-state index is 0.208. The normalized spacial score (nSPS) is 9.82. The van der Waals surface area contributed by atoms with Crippen LogP contribution in [0.1, 0.15) is 0 Å². The molecule has 1 heterocycles. The topological polar surface area (TPSA) is 142 Å². The van der Waals surface area contributed by atoms with Crippen LogP contribution in [-0.4, -0.2) is 38.5 Å². The zero-order chi connectivity index (χ0) is 16.1. The molecular formula is C13H10N4O5. The molecule has 2 aromatic rings. The highest BCUT2D eigenvalue weighted by atomic mass is 16.4. The summed E-state index contributed by atoms with van der Waals surface area (Å²) in [6.45, 7) is 0. The van der Waals surface area contributed by atoms with Crippen molar-refractivity contribution in [1.82, 2.24) is 9.97 Å². The van der Waals surface area contributed by atoms with Gasteiger partial charge in [-0.15, -0.1) is 0 Å². The molecule has 0 aliphatic carbocycles. The smallest absolute Gasteiger partial charge is 0.344 e. The molecule has 0 aliphatic rings. The Kier molecular flexibility index (Phi) is 4.27. The van der Waals surface area contributed by atoms with Crippen molar-refractivity contribution < 1.29 is 24.6 Å². The van der Waals surface area contributed by atoms with Gasteiger partial charge in [-0.25, -0.2) is 19.6 Å². The number of amides is 1. The van der Waals surface area contributed by atoms with E-state index in [1.54, 1.807) is 18.2 Å². The molecule has 0 unspecified atom stereocenters. The molecule has 1 aromatic carbocycles. The molecule has 0 fully saturated rings. The standard InChI is InChI=1S/C13H10N4O5/c18-6-17-7-1-2-10-8(3-7)11(16-5-15-10)14-4-9(12(19)20)13(21)22/h1-6H,(H,17,18)(H,19,20)(H,21,22)(H,14,15,16). The number of anilines is 2. The zero-order valence-electron chi connectivity index (χ0n) is 11.0. The molecule has 9 heteroatoms. The van der Waals surface area contributed by atoms with Crippen LogP contribution in [0.15, 0.2) is 36.3 Å². The van der Waals surface area contributed by atoms with Crippen LogP contribution < -0.4 is 10.6 Å². The van der Waals surface area contributed by atoms with E-state index in [2.05, 4.69) is 20.6 Å². The summed E-state index contributed by atoms with van der Waals surface area (Å²) in [5.41, 5.74) is 0.185. The summed E-state index contributed by atoms with van der Waals surface area (Å²) >= 11 is 0. The molecule has 22 heavy (non-hydrogen) atoms. The molecule has 9 nitrogen and oxygen atoms in total. The van der Waals surface area contributed by atoms with Gasteiger partial charge in [0, 0.05) is 17.3 Å². The second-order valence-corrected chi connectivity index (χ2v) is 4.03. The number of carboxylic acids is 2. The van der Waals surface area contributed by atoms with Crippen LogP contribution in [0.2, 0.25) is 0 Å². The molecule has 0 aliphatic heterocycles. The number of hydrogen-bond acceptors (Lipinski definition) is 6. The van der Waals surface area contributed by atoms with E-state index in [0.29, 0.717) is 23.0 Å². The molecule has 4 N–H and O–H groups in total. The molecule has 2 rings (SSSR count). The second kappa shape index (κ2) is 6.31. The fraction of sp³-hybridized carbons (Fsp3) is 0. The van der Waals surface area contributed by atoms with Gasteiger partial charge in [-0.1, -0.05) is 0 Å². The molecule has 0 bridgehead atoms. The Morgan fingerprint density at radius 1 is 1.09 bits per heavy atom. The van der Waals surface area contributed by atoms with Crippen molar-refractivity contribution in [3.8, 4) is 0 Å². The number of rotatable bonds is 6. The zero-order valence-corrected chi connectivity index (χ0v) is 11.0. The molecule has 0 saturated carbocycles. The van der Waals surface area contributed by atoms with Crippen LogP contribution in [0.3, 0.4) is 0 Å². The fourth-order valence-corrected chi connectivity index (χ4v) is 1.68. The summed E-state index contributed by atoms with van der Waals surface area (Å²) in [5.74, 6) is -2.96. The van der Waals surface area contributed by atoms with Crippen molar-refractivity contribution in [2.75, 3.05) is 10.6 Å². The average molecular weight is 302 g/mol. The Balaban J connectivity index is 2.44. The number of carbonyl (C=O) groups excluding carboxylic acids is 1. The minimum Gasteiger partial charge on any atom is -0.477 e. The summed E-state index contributed by atoms with van der Waals surface area (Å²) in [6, 6.07) is 4.83. The number of nitrogens with one attached hydrogen (secondary N) is 2. The lowest BCUT2D eigenvalue weighted by Crippen LogP contribution is -2.13. The van der Waals surface area contributed by atoms with Crippen molar-refractivity contribution in [1.29, 1.82) is 0 Å². The molecule has 0 saturated heterocycles. The number of carbonyl (C=O) groups is 3. The Morgan fingerprint density at radius 3 is 2.45 bits per heavy atom. The molecule has 1 amide bonds. The van der Waals surface area contributed by atoms with Gasteiger partial charge in [0.2, 0.25) is 6.41 Å². The first-order valence-electron chi connectivity index (χ1n) is 5.91. The highest BCUT2D eigenvalue weighted by Crippen LogP contribution is 2.23. The predicted octanol–water partition coefficient (Wildman–Crippen LogP) is 0.663. The monoisotopic (exact) mass is 302 g/mol. The number of aliphatic carboxylic acids is 2. The maximum absolute atomic E-state index is 10.8. The van der Waals surface area contributed by atoms with Gasteiger partial charge in [0.1, 0.15) is 12.1 Å². The predicted molar refractivity (Wildman–Crippen MR) is 76.2 cm³/mol. The largest absolute Gasteiger partial charge is 0.477 e. The van der Waals surface area contributed by atoms with E-state index in [0.717, 1.165) is 6.20 Å². The SMILES string of the molecule is O=CNc1ccc2ncnc(NC=C(C(=O)O)C(=O)O)c2c1. The first kappa shape index (κ1) is 14.9. The van der Waals surface area contributed by atoms with Crippen molar-refractivity contribution in [3.05, 3.63) is 36.3 Å². The maximum Gasteiger partial charge on any atom is 0.344 e. The fourth-order valence-electron chi connectivity index (χ4n) is 1.68. The molecule has 0 atom stereocenters. The summed E-state index contributed by atoms with van der Waals surface area (Å²) < 4.78 is 0. The van der Waals surface area contributed by atoms with Crippen LogP contribution in [0, 0.1) is 0 Å². The molecule has 112 valence electrons. The summed E-state index contributed by atoms with van der Waals surface area (Å²) in [7, 11) is 0. The van der Waals surface area contributed by atoms with Crippen molar-refractivity contribution >= 4 is 40.8 Å². The van der Waals surface area contributed by atoms with E-state index in [1.807, 2.05) is 0 Å². The van der Waals surface area contributed by atoms with Gasteiger partial charge in [0.25, 0.3) is 0 Å². The van der Waals surface area contributed by atoms with E-state index in [-0.39, 0.29) is 5.82 Å². The lowest BCUT2D eigenvalue weighted by atomic mass is 10.2. The van der Waals surface area contributed by atoms with Crippen molar-refractivity contribution in [3.63, 3.8) is 0 Å². The highest BCUT2D eigenvalue weighted by Gasteiger charge is 2.16. The Hall–Kier alpha value is -3.49. The highest BCUT2D eigenvalue weighted by molar-refractivity contribution is 6.12. The van der Waals surface area contributed by atoms with E-state index in [9.17, 15) is 14.4 Å². The number of nitrogens with zero attached hydrogens (tertiary/aromatic N) is 2. The third kappa shape index (κ3) is 3.15. The van der Waals surface area contributed by atoms with E-state index >= 15 is 0 Å². The Labute approximate surface area is 123 Å². The number of fused-ring (bicyclic) bond motifs is 1. The summed E-state index contributed by atoms with van der Waals surface area (Å²) in [4.78, 5) is 40.0. The van der Waals surface area contributed by atoms with Gasteiger partial charge in [-0.05, 0) is 18.2 Å². The third-order valence-electron chi connectivity index (χ3n) is 2.67. The van der Waals surface area contributed by atoms with Crippen LogP contribution in [-0.2, 0) is 14.4 Å². The minimum atomic E-state index is -1.58. The van der Waals surface area contributed by atoms with Crippen LogP contribution >= 0.6 is 0 Å². The number of carboxylic acid groups (broad SMARTS) is 2. The van der Waals surface area contributed by atoms with Gasteiger partial charge in [0.15, 0.2) is 5.57 Å². The number of hydrogen-bond donors (Lipinski definition) is 4. The molecule has 1 aromatic heterocycles. The van der Waals surface area contributed by atoms with Crippen LogP contribution in [0.25, 0.3) is 10.9 Å². The first-order valence-corrected chi connectivity index (χ1v) is 5.91. The van der Waals surface area contributed by atoms with Crippen LogP contribution in [0.4, 0.5) is 11.5 Å². The van der Waals surface area contributed by atoms with Gasteiger partial charge < -0.3 is 20.8 Å². The maximum atomic E-state index is 10.8. The summed E-state index contributed by atoms with van der Waals surface area (Å²) in [5, 5.41) is 23.0. The van der Waals surface area contributed by atoms with E-state index in [1.165, 1.54) is 6.33 Å². The quantitative estimate of drug-likeness (QED) is 0.264. The molecular weight excluding hydrogens is 292 g/mol. The van der Waals surface area contributed by atoms with Gasteiger partial charge in [-0.3, -0.25) is 4.79 Å². The molecule has 0 spiro atoms. The van der Waals surface area contributed by atoms with E-state index in [4.69, 9.17) is 10.2 Å². The lowest BCUT2D eigenvalue weighted by molar-refractivity contribution is -0.140. The number of benzene rings is 1. The van der Waals surface area contributed by atoms with Crippen LogP contribution in [0.5, 0.6) is 0 Å². The van der Waals surface area contributed by atoms with Gasteiger partial charge in [0.05, 0.1) is 5.52 Å². The lowest BCUT2D eigenvalue weighted by Gasteiger charge is -2.07. The average Bonchev–Trinajstić information content (AvgIpc) is 2.47. The molecule has 0 radical (unpaired) electrons. The Bertz CT molecular complexity index is 771. The van der Waals surface area contributed by atoms with Crippen molar-refractivity contribution in [2.24, 2.45) is 0 Å². The summed E-state index contributed by atoms with van der Waals surface area (Å²) in [6.07, 6.45) is 2.57. The first-order chi connectivity index (χ1) is 10.5. The Morgan fingerprint density at radius 2 is 1.82 bits per heavy atom. The van der Waals surface area contributed by atoms with Gasteiger partial charge in [-0.2, -0.15) is 0 Å². The van der Waals surface area contributed by atoms with Crippen molar-refractivity contribution in [2.45, 2.75) is 0 Å². The van der Waals surface area contributed by atoms with E-state index < -0.39 is 17.5 Å². The van der Waals surface area contributed by atoms with Gasteiger partial charge >= 0.3 is 11.9 Å². The third-order valence-corrected chi connectivity index (χ3v) is 2.67. The number of aromatic nitrogens is 2.